The standard InChI is InChI=1S/C20H15FN4O2S/c1-12-8-18(17-10-23-11-27-17)28-19(12)13-2-4-14(5-3-13)24-20(26)25-16-6-7-22-9-15(16)21/h2-11H,1H3,(H2,22,24,25,26). The molecule has 0 unspecified atom stereocenters. The number of benzene rings is 1. The van der Waals surface area contributed by atoms with Crippen molar-refractivity contribution in [3.05, 3.63) is 72.8 Å². The molecular formula is C20H15FN4O2S. The average molecular weight is 394 g/mol. The lowest BCUT2D eigenvalue weighted by Gasteiger charge is -2.09. The Balaban J connectivity index is 1.47. The van der Waals surface area contributed by atoms with Crippen LogP contribution in [0.4, 0.5) is 20.6 Å². The first kappa shape index (κ1) is 17.9. The van der Waals surface area contributed by atoms with E-state index in [4.69, 9.17) is 4.42 Å². The van der Waals surface area contributed by atoms with Crippen molar-refractivity contribution < 1.29 is 13.6 Å². The third-order valence-corrected chi connectivity index (χ3v) is 5.32. The fourth-order valence-corrected chi connectivity index (χ4v) is 3.82. The highest BCUT2D eigenvalue weighted by Gasteiger charge is 2.12. The Kier molecular flexibility index (Phi) is 4.86. The molecule has 3 aromatic heterocycles. The zero-order valence-electron chi connectivity index (χ0n) is 14.8. The lowest BCUT2D eigenvalue weighted by molar-refractivity contribution is 0.262. The molecule has 0 bridgehead atoms. The molecule has 1 aromatic carbocycles. The van der Waals surface area contributed by atoms with Crippen LogP contribution < -0.4 is 10.6 Å². The van der Waals surface area contributed by atoms with Crippen molar-refractivity contribution in [3.63, 3.8) is 0 Å². The van der Waals surface area contributed by atoms with E-state index in [9.17, 15) is 9.18 Å². The molecule has 8 heteroatoms. The van der Waals surface area contributed by atoms with Gasteiger partial charge in [0.1, 0.15) is 0 Å². The predicted molar refractivity (Wildman–Crippen MR) is 107 cm³/mol. The molecule has 0 saturated heterocycles. The number of hydrogen-bond donors (Lipinski definition) is 2. The highest BCUT2D eigenvalue weighted by Crippen LogP contribution is 2.38. The third kappa shape index (κ3) is 3.77. The first-order valence-corrected chi connectivity index (χ1v) is 9.19. The number of thiophene rings is 1. The zero-order chi connectivity index (χ0) is 19.5. The van der Waals surface area contributed by atoms with E-state index in [2.05, 4.69) is 26.7 Å². The molecule has 0 atom stereocenters. The number of carbonyl (C=O) groups is 1. The van der Waals surface area contributed by atoms with Crippen LogP contribution in [0, 0.1) is 12.7 Å². The second kappa shape index (κ2) is 7.61. The lowest BCUT2D eigenvalue weighted by atomic mass is 10.1. The number of halogens is 1. The second-order valence-corrected chi connectivity index (χ2v) is 7.05. The summed E-state index contributed by atoms with van der Waals surface area (Å²) < 4.78 is 18.9. The maximum absolute atomic E-state index is 13.6. The maximum Gasteiger partial charge on any atom is 0.323 e. The van der Waals surface area contributed by atoms with Crippen LogP contribution in [0.3, 0.4) is 0 Å². The predicted octanol–water partition coefficient (Wildman–Crippen LogP) is 5.56. The number of pyridine rings is 1. The SMILES string of the molecule is Cc1cc(-c2cnco2)sc1-c1ccc(NC(=O)Nc2ccncc2F)cc1. The van der Waals surface area contributed by atoms with Crippen LogP contribution in [0.2, 0.25) is 0 Å². The second-order valence-electron chi connectivity index (χ2n) is 6.00. The fourth-order valence-electron chi connectivity index (χ4n) is 2.69. The Morgan fingerprint density at radius 3 is 2.64 bits per heavy atom. The van der Waals surface area contributed by atoms with Gasteiger partial charge in [-0.25, -0.2) is 14.2 Å². The summed E-state index contributed by atoms with van der Waals surface area (Å²) in [6.45, 7) is 2.04. The number of anilines is 2. The first-order chi connectivity index (χ1) is 13.6. The third-order valence-electron chi connectivity index (χ3n) is 4.02. The van der Waals surface area contributed by atoms with Crippen molar-refractivity contribution in [2.75, 3.05) is 10.6 Å². The largest absolute Gasteiger partial charge is 0.443 e. The van der Waals surface area contributed by atoms with Crippen molar-refractivity contribution in [2.45, 2.75) is 6.92 Å². The van der Waals surface area contributed by atoms with Gasteiger partial charge in [-0.3, -0.25) is 4.98 Å². The van der Waals surface area contributed by atoms with E-state index >= 15 is 0 Å². The summed E-state index contributed by atoms with van der Waals surface area (Å²) >= 11 is 1.61. The van der Waals surface area contributed by atoms with Gasteiger partial charge in [0.2, 0.25) is 0 Å². The van der Waals surface area contributed by atoms with Crippen LogP contribution in [-0.4, -0.2) is 16.0 Å². The molecule has 2 amide bonds. The molecule has 0 aliphatic rings. The molecule has 0 radical (unpaired) electrons. The van der Waals surface area contributed by atoms with Crippen molar-refractivity contribution in [1.29, 1.82) is 0 Å². The monoisotopic (exact) mass is 394 g/mol. The smallest absolute Gasteiger partial charge is 0.323 e. The van der Waals surface area contributed by atoms with Crippen LogP contribution in [0.5, 0.6) is 0 Å². The summed E-state index contributed by atoms with van der Waals surface area (Å²) in [5.41, 5.74) is 2.82. The maximum atomic E-state index is 13.6. The Morgan fingerprint density at radius 2 is 1.93 bits per heavy atom. The van der Waals surface area contributed by atoms with Crippen LogP contribution >= 0.6 is 11.3 Å². The first-order valence-electron chi connectivity index (χ1n) is 8.37. The van der Waals surface area contributed by atoms with Gasteiger partial charge in [0.25, 0.3) is 0 Å². The number of nitrogens with one attached hydrogen (secondary N) is 2. The van der Waals surface area contributed by atoms with E-state index in [-0.39, 0.29) is 5.69 Å². The summed E-state index contributed by atoms with van der Waals surface area (Å²) in [7, 11) is 0. The molecule has 28 heavy (non-hydrogen) atoms. The van der Waals surface area contributed by atoms with E-state index in [1.165, 1.54) is 18.7 Å². The number of hydrogen-bond acceptors (Lipinski definition) is 5. The van der Waals surface area contributed by atoms with Crippen molar-refractivity contribution in [3.8, 4) is 21.1 Å². The topological polar surface area (TPSA) is 80.0 Å². The molecule has 0 aliphatic carbocycles. The van der Waals surface area contributed by atoms with Crippen LogP contribution in [0.25, 0.3) is 21.1 Å². The molecule has 0 fully saturated rings. The number of aryl methyl sites for hydroxylation is 1. The van der Waals surface area contributed by atoms with Crippen molar-refractivity contribution in [1.82, 2.24) is 9.97 Å². The molecule has 0 spiro atoms. The minimum atomic E-state index is -0.594. The van der Waals surface area contributed by atoms with Crippen LogP contribution in [-0.2, 0) is 0 Å². The summed E-state index contributed by atoms with van der Waals surface area (Å²) in [6, 6.07) is 10.4. The number of nitrogens with zero attached hydrogens (tertiary/aromatic N) is 2. The average Bonchev–Trinajstić information content (AvgIpc) is 3.34. The van der Waals surface area contributed by atoms with Crippen LogP contribution in [0.1, 0.15) is 5.56 Å². The fraction of sp³-hybridized carbons (Fsp3) is 0.0500. The van der Waals surface area contributed by atoms with E-state index in [0.717, 1.165) is 32.8 Å². The molecule has 0 saturated carbocycles. The van der Waals surface area contributed by atoms with Crippen LogP contribution in [0.15, 0.2) is 65.8 Å². The number of carbonyl (C=O) groups excluding carboxylic acids is 1. The number of urea groups is 1. The number of rotatable bonds is 4. The van der Waals surface area contributed by atoms with E-state index < -0.39 is 11.8 Å². The molecule has 140 valence electrons. The summed E-state index contributed by atoms with van der Waals surface area (Å²) in [4.78, 5) is 21.8. The van der Waals surface area contributed by atoms with Gasteiger partial charge < -0.3 is 15.1 Å². The summed E-state index contributed by atoms with van der Waals surface area (Å²) in [5.74, 6) is 0.140. The zero-order valence-corrected chi connectivity index (χ0v) is 15.6. The highest BCUT2D eigenvalue weighted by molar-refractivity contribution is 7.19. The molecule has 2 N–H and O–H groups in total. The Labute approximate surface area is 164 Å². The molecule has 4 rings (SSSR count). The molecule has 4 aromatic rings. The molecule has 3 heterocycles. The molecule has 0 aliphatic heterocycles. The van der Waals surface area contributed by atoms with Crippen molar-refractivity contribution in [2.24, 2.45) is 0 Å². The van der Waals surface area contributed by atoms with E-state index in [1.54, 1.807) is 29.7 Å². The number of oxazole rings is 1. The number of aromatic nitrogens is 2. The van der Waals surface area contributed by atoms with Gasteiger partial charge in [-0.1, -0.05) is 12.1 Å². The summed E-state index contributed by atoms with van der Waals surface area (Å²) in [5, 5.41) is 5.14. The van der Waals surface area contributed by atoms with E-state index in [1.807, 2.05) is 19.1 Å². The normalized spacial score (nSPS) is 10.6. The minimum Gasteiger partial charge on any atom is -0.443 e. The van der Waals surface area contributed by atoms with Gasteiger partial charge in [0.05, 0.1) is 23.0 Å². The van der Waals surface area contributed by atoms with Gasteiger partial charge >= 0.3 is 6.03 Å². The van der Waals surface area contributed by atoms with Crippen molar-refractivity contribution >= 4 is 28.7 Å². The highest BCUT2D eigenvalue weighted by atomic mass is 32.1. The summed E-state index contributed by atoms with van der Waals surface area (Å²) in [6.07, 6.45) is 5.55. The number of amides is 2. The molecular weight excluding hydrogens is 379 g/mol. The van der Waals surface area contributed by atoms with Gasteiger partial charge in [0, 0.05) is 16.8 Å². The Hall–Kier alpha value is -3.52. The quantitative estimate of drug-likeness (QED) is 0.475. The van der Waals surface area contributed by atoms with Gasteiger partial charge in [-0.05, 0) is 42.3 Å². The van der Waals surface area contributed by atoms with E-state index in [0.29, 0.717) is 5.69 Å². The van der Waals surface area contributed by atoms with Gasteiger partial charge in [-0.2, -0.15) is 0 Å². The van der Waals surface area contributed by atoms with Gasteiger partial charge in [-0.15, -0.1) is 11.3 Å². The molecule has 6 nitrogen and oxygen atoms in total. The minimum absolute atomic E-state index is 0.0678. The lowest BCUT2D eigenvalue weighted by Crippen LogP contribution is -2.20. The Morgan fingerprint density at radius 1 is 1.11 bits per heavy atom. The Bertz CT molecular complexity index is 1110. The van der Waals surface area contributed by atoms with Gasteiger partial charge in [0.15, 0.2) is 18.0 Å².